The molecule has 2 atom stereocenters. The van der Waals surface area contributed by atoms with Crippen LogP contribution in [0, 0.1) is 11.3 Å². The summed E-state index contributed by atoms with van der Waals surface area (Å²) in [6.45, 7) is 0. The quantitative estimate of drug-likeness (QED) is 0.779. The summed E-state index contributed by atoms with van der Waals surface area (Å²) < 4.78 is 0. The molecule has 2 nitrogen and oxygen atoms in total. The Morgan fingerprint density at radius 2 is 2.24 bits per heavy atom. The molecule has 2 aliphatic carbocycles. The fourth-order valence-electron chi connectivity index (χ4n) is 2.96. The van der Waals surface area contributed by atoms with Crippen LogP contribution in [0.3, 0.4) is 0 Å². The van der Waals surface area contributed by atoms with Gasteiger partial charge in [0.15, 0.2) is 0 Å². The van der Waals surface area contributed by atoms with Crippen molar-refractivity contribution in [3.8, 4) is 0 Å². The van der Waals surface area contributed by atoms with Gasteiger partial charge in [0, 0.05) is 18.1 Å². The van der Waals surface area contributed by atoms with E-state index in [1.54, 1.807) is 0 Å². The molecule has 1 heterocycles. The van der Waals surface area contributed by atoms with E-state index in [0.717, 1.165) is 18.6 Å². The SMILES string of the molecule is N=C1C=C2C=CCCC2C(c2cccnc2)C1. The van der Waals surface area contributed by atoms with E-state index in [0.29, 0.717) is 11.8 Å². The number of aromatic nitrogens is 1. The molecule has 0 aliphatic heterocycles. The van der Waals surface area contributed by atoms with Crippen molar-refractivity contribution in [1.82, 2.24) is 4.98 Å². The lowest BCUT2D eigenvalue weighted by Gasteiger charge is -2.33. The fourth-order valence-corrected chi connectivity index (χ4v) is 2.96. The van der Waals surface area contributed by atoms with Crippen molar-refractivity contribution >= 4 is 5.71 Å². The van der Waals surface area contributed by atoms with Gasteiger partial charge in [0.1, 0.15) is 0 Å². The smallest absolute Gasteiger partial charge is 0.0323 e. The molecule has 0 amide bonds. The first-order valence-corrected chi connectivity index (χ1v) is 6.20. The third kappa shape index (κ3) is 1.95. The lowest BCUT2D eigenvalue weighted by atomic mass is 9.71. The molecule has 1 N–H and O–H groups in total. The molecule has 0 fully saturated rings. The molecule has 2 heteroatoms. The van der Waals surface area contributed by atoms with Gasteiger partial charge in [-0.15, -0.1) is 0 Å². The molecule has 1 aromatic heterocycles. The van der Waals surface area contributed by atoms with Gasteiger partial charge in [-0.3, -0.25) is 4.98 Å². The zero-order valence-electron chi connectivity index (χ0n) is 9.76. The Morgan fingerprint density at radius 3 is 3.06 bits per heavy atom. The van der Waals surface area contributed by atoms with Crippen LogP contribution >= 0.6 is 0 Å². The Balaban J connectivity index is 1.99. The average Bonchev–Trinajstić information content (AvgIpc) is 2.39. The van der Waals surface area contributed by atoms with E-state index < -0.39 is 0 Å². The molecule has 86 valence electrons. The summed E-state index contributed by atoms with van der Waals surface area (Å²) in [6.07, 6.45) is 13.5. The maximum atomic E-state index is 7.96. The predicted octanol–water partition coefficient (Wildman–Crippen LogP) is 3.48. The van der Waals surface area contributed by atoms with Crippen molar-refractivity contribution in [2.75, 3.05) is 0 Å². The second-order valence-corrected chi connectivity index (χ2v) is 4.85. The van der Waals surface area contributed by atoms with Gasteiger partial charge in [-0.1, -0.05) is 18.2 Å². The van der Waals surface area contributed by atoms with Gasteiger partial charge in [0.05, 0.1) is 0 Å². The summed E-state index contributed by atoms with van der Waals surface area (Å²) >= 11 is 0. The van der Waals surface area contributed by atoms with Gasteiger partial charge in [0.25, 0.3) is 0 Å². The topological polar surface area (TPSA) is 36.7 Å². The lowest BCUT2D eigenvalue weighted by Crippen LogP contribution is -2.24. The number of pyridine rings is 1. The van der Waals surface area contributed by atoms with Gasteiger partial charge < -0.3 is 5.41 Å². The number of hydrogen-bond acceptors (Lipinski definition) is 2. The van der Waals surface area contributed by atoms with E-state index in [-0.39, 0.29) is 0 Å². The third-order valence-corrected chi connectivity index (χ3v) is 3.76. The minimum absolute atomic E-state index is 0.446. The molecule has 17 heavy (non-hydrogen) atoms. The molecule has 0 saturated heterocycles. The highest BCUT2D eigenvalue weighted by atomic mass is 14.6. The highest BCUT2D eigenvalue weighted by Gasteiger charge is 2.30. The maximum absolute atomic E-state index is 7.96. The molecule has 2 aliphatic rings. The van der Waals surface area contributed by atoms with Crippen molar-refractivity contribution in [3.05, 3.63) is 53.9 Å². The van der Waals surface area contributed by atoms with Crippen LogP contribution in [0.15, 0.2) is 48.3 Å². The number of nitrogens with one attached hydrogen (secondary N) is 1. The average molecular weight is 224 g/mol. The molecule has 2 unspecified atom stereocenters. The monoisotopic (exact) mass is 224 g/mol. The molecule has 0 bridgehead atoms. The van der Waals surface area contributed by atoms with Gasteiger partial charge in [-0.2, -0.15) is 0 Å². The van der Waals surface area contributed by atoms with Crippen molar-refractivity contribution in [2.45, 2.75) is 25.2 Å². The van der Waals surface area contributed by atoms with Gasteiger partial charge in [-0.25, -0.2) is 0 Å². The van der Waals surface area contributed by atoms with E-state index in [2.05, 4.69) is 23.2 Å². The van der Waals surface area contributed by atoms with Crippen LogP contribution in [0.2, 0.25) is 0 Å². The summed E-state index contributed by atoms with van der Waals surface area (Å²) in [7, 11) is 0. The van der Waals surface area contributed by atoms with Gasteiger partial charge in [-0.05, 0) is 54.4 Å². The minimum atomic E-state index is 0.446. The summed E-state index contributed by atoms with van der Waals surface area (Å²) in [6, 6.07) is 4.14. The van der Waals surface area contributed by atoms with Crippen molar-refractivity contribution in [2.24, 2.45) is 5.92 Å². The third-order valence-electron chi connectivity index (χ3n) is 3.76. The zero-order chi connectivity index (χ0) is 11.7. The largest absolute Gasteiger partial charge is 0.305 e. The Bertz CT molecular complexity index is 485. The standard InChI is InChI=1S/C15H16N2/c16-13-8-11-4-1-2-6-14(11)15(9-13)12-5-3-7-17-10-12/h1,3-5,7-8,10,14-16H,2,6,9H2. The molecular formula is C15H16N2. The van der Waals surface area contributed by atoms with Crippen LogP contribution in [-0.4, -0.2) is 10.7 Å². The maximum Gasteiger partial charge on any atom is 0.0323 e. The highest BCUT2D eigenvalue weighted by Crippen LogP contribution is 2.41. The molecular weight excluding hydrogens is 208 g/mol. The van der Waals surface area contributed by atoms with Gasteiger partial charge in [0.2, 0.25) is 0 Å². The molecule has 0 spiro atoms. The highest BCUT2D eigenvalue weighted by molar-refractivity contribution is 5.95. The molecule has 1 aromatic rings. The number of allylic oxidation sites excluding steroid dienone is 4. The number of fused-ring (bicyclic) bond motifs is 1. The van der Waals surface area contributed by atoms with Crippen LogP contribution in [0.25, 0.3) is 0 Å². The molecule has 0 radical (unpaired) electrons. The molecule has 3 rings (SSSR count). The van der Waals surface area contributed by atoms with E-state index in [9.17, 15) is 0 Å². The first-order chi connectivity index (χ1) is 8.34. The van der Waals surface area contributed by atoms with E-state index in [1.165, 1.54) is 17.6 Å². The van der Waals surface area contributed by atoms with Crippen LogP contribution in [0.1, 0.15) is 30.7 Å². The normalized spacial score (nSPS) is 27.5. The van der Waals surface area contributed by atoms with E-state index in [1.807, 2.05) is 24.5 Å². The first-order valence-electron chi connectivity index (χ1n) is 6.20. The number of rotatable bonds is 1. The number of nitrogens with zero attached hydrogens (tertiary/aromatic N) is 1. The number of hydrogen-bond donors (Lipinski definition) is 1. The van der Waals surface area contributed by atoms with Crippen molar-refractivity contribution < 1.29 is 0 Å². The van der Waals surface area contributed by atoms with Crippen LogP contribution in [-0.2, 0) is 0 Å². The summed E-state index contributed by atoms with van der Waals surface area (Å²) in [5.74, 6) is 1.03. The minimum Gasteiger partial charge on any atom is -0.305 e. The second kappa shape index (κ2) is 4.28. The van der Waals surface area contributed by atoms with Crippen LogP contribution in [0.5, 0.6) is 0 Å². The summed E-state index contributed by atoms with van der Waals surface area (Å²) in [5, 5.41) is 7.96. The summed E-state index contributed by atoms with van der Waals surface area (Å²) in [4.78, 5) is 4.21. The van der Waals surface area contributed by atoms with Crippen molar-refractivity contribution in [1.29, 1.82) is 5.41 Å². The fraction of sp³-hybridized carbons (Fsp3) is 0.333. The first kappa shape index (κ1) is 10.5. The molecule has 0 aromatic carbocycles. The Labute approximate surface area is 102 Å². The summed E-state index contributed by atoms with van der Waals surface area (Å²) in [5.41, 5.74) is 3.36. The lowest BCUT2D eigenvalue weighted by molar-refractivity contribution is 0.454. The predicted molar refractivity (Wildman–Crippen MR) is 69.3 cm³/mol. The Kier molecular flexibility index (Phi) is 2.63. The Morgan fingerprint density at radius 1 is 1.29 bits per heavy atom. The van der Waals surface area contributed by atoms with E-state index >= 15 is 0 Å². The zero-order valence-corrected chi connectivity index (χ0v) is 9.76. The van der Waals surface area contributed by atoms with Crippen LogP contribution < -0.4 is 0 Å². The van der Waals surface area contributed by atoms with Crippen LogP contribution in [0.4, 0.5) is 0 Å². The Hall–Kier alpha value is -1.70. The van der Waals surface area contributed by atoms with Gasteiger partial charge >= 0.3 is 0 Å². The van der Waals surface area contributed by atoms with E-state index in [4.69, 9.17) is 5.41 Å². The van der Waals surface area contributed by atoms with Crippen molar-refractivity contribution in [3.63, 3.8) is 0 Å². The second-order valence-electron chi connectivity index (χ2n) is 4.85. The molecule has 0 saturated carbocycles.